The van der Waals surface area contributed by atoms with Gasteiger partial charge in [-0.25, -0.2) is 0 Å². The van der Waals surface area contributed by atoms with Crippen LogP contribution in [0.4, 0.5) is 0 Å². The largest absolute Gasteiger partial charge is 0.394 e. The van der Waals surface area contributed by atoms with Gasteiger partial charge in [0.15, 0.2) is 5.82 Å². The van der Waals surface area contributed by atoms with E-state index in [1.807, 2.05) is 0 Å². The third-order valence-corrected chi connectivity index (χ3v) is 3.90. The SMILES string of the molecule is OCC1(NCc2nc(C3CC3)no2)CCCC1. The molecule has 2 aliphatic rings. The van der Waals surface area contributed by atoms with Gasteiger partial charge >= 0.3 is 0 Å². The molecule has 0 saturated heterocycles. The highest BCUT2D eigenvalue weighted by molar-refractivity contribution is 5.03. The molecule has 1 aromatic rings. The fourth-order valence-electron chi connectivity index (χ4n) is 2.55. The molecule has 0 aromatic carbocycles. The fraction of sp³-hybridized carbons (Fsp3) is 0.833. The van der Waals surface area contributed by atoms with Crippen molar-refractivity contribution in [3.8, 4) is 0 Å². The average molecular weight is 237 g/mol. The highest BCUT2D eigenvalue weighted by Crippen LogP contribution is 2.38. The van der Waals surface area contributed by atoms with Crippen molar-refractivity contribution in [2.45, 2.75) is 56.5 Å². The summed E-state index contributed by atoms with van der Waals surface area (Å²) in [6.45, 7) is 0.761. The first-order valence-corrected chi connectivity index (χ1v) is 6.50. The van der Waals surface area contributed by atoms with Crippen molar-refractivity contribution in [1.82, 2.24) is 15.5 Å². The van der Waals surface area contributed by atoms with Crippen molar-refractivity contribution in [1.29, 1.82) is 0 Å². The molecule has 3 rings (SSSR count). The van der Waals surface area contributed by atoms with Gasteiger partial charge in [-0.1, -0.05) is 18.0 Å². The maximum absolute atomic E-state index is 9.47. The molecule has 1 heterocycles. The van der Waals surface area contributed by atoms with E-state index < -0.39 is 0 Å². The highest BCUT2D eigenvalue weighted by atomic mass is 16.5. The summed E-state index contributed by atoms with van der Waals surface area (Å²) in [4.78, 5) is 4.38. The zero-order chi connectivity index (χ0) is 11.7. The summed E-state index contributed by atoms with van der Waals surface area (Å²) in [6, 6.07) is 0. The lowest BCUT2D eigenvalue weighted by Crippen LogP contribution is -2.45. The van der Waals surface area contributed by atoms with Crippen LogP contribution in [0.15, 0.2) is 4.52 Å². The monoisotopic (exact) mass is 237 g/mol. The van der Waals surface area contributed by atoms with Crippen molar-refractivity contribution in [2.75, 3.05) is 6.61 Å². The molecule has 5 heteroatoms. The number of hydrogen-bond donors (Lipinski definition) is 2. The molecule has 0 unspecified atom stereocenters. The minimum atomic E-state index is -0.117. The van der Waals surface area contributed by atoms with Crippen LogP contribution in [-0.4, -0.2) is 27.4 Å². The second-order valence-corrected chi connectivity index (χ2v) is 5.32. The summed E-state index contributed by atoms with van der Waals surface area (Å²) in [5.41, 5.74) is -0.117. The minimum absolute atomic E-state index is 0.117. The van der Waals surface area contributed by atoms with Crippen molar-refractivity contribution < 1.29 is 9.63 Å². The van der Waals surface area contributed by atoms with E-state index in [2.05, 4.69) is 15.5 Å². The maximum atomic E-state index is 9.47. The lowest BCUT2D eigenvalue weighted by Gasteiger charge is -2.27. The predicted octanol–water partition coefficient (Wildman–Crippen LogP) is 1.34. The van der Waals surface area contributed by atoms with E-state index in [0.29, 0.717) is 18.4 Å². The zero-order valence-electron chi connectivity index (χ0n) is 9.98. The summed E-state index contributed by atoms with van der Waals surface area (Å²) < 4.78 is 5.21. The molecule has 0 atom stereocenters. The Morgan fingerprint density at radius 2 is 2.12 bits per heavy atom. The summed E-state index contributed by atoms with van der Waals surface area (Å²) in [5.74, 6) is 2.03. The Bertz CT molecular complexity index is 381. The third kappa shape index (κ3) is 2.35. The van der Waals surface area contributed by atoms with E-state index in [4.69, 9.17) is 4.52 Å². The average Bonchev–Trinajstić information content (AvgIpc) is 2.94. The van der Waals surface area contributed by atoms with Gasteiger partial charge < -0.3 is 14.9 Å². The summed E-state index contributed by atoms with van der Waals surface area (Å²) in [7, 11) is 0. The second kappa shape index (κ2) is 4.38. The van der Waals surface area contributed by atoms with Gasteiger partial charge in [-0.2, -0.15) is 4.98 Å². The van der Waals surface area contributed by atoms with Gasteiger partial charge in [0.1, 0.15) is 0 Å². The van der Waals surface area contributed by atoms with E-state index in [9.17, 15) is 5.11 Å². The molecule has 0 radical (unpaired) electrons. The Labute approximate surface area is 101 Å². The molecule has 0 spiro atoms. The summed E-state index contributed by atoms with van der Waals surface area (Å²) in [5, 5.41) is 16.8. The Hall–Kier alpha value is -0.940. The number of nitrogens with one attached hydrogen (secondary N) is 1. The molecule has 0 bridgehead atoms. The van der Waals surface area contributed by atoms with Gasteiger partial charge in [0.05, 0.1) is 13.2 Å². The first-order valence-electron chi connectivity index (χ1n) is 6.50. The van der Waals surface area contributed by atoms with Crippen LogP contribution >= 0.6 is 0 Å². The van der Waals surface area contributed by atoms with Gasteiger partial charge in [-0.15, -0.1) is 0 Å². The molecule has 2 saturated carbocycles. The van der Waals surface area contributed by atoms with Crippen molar-refractivity contribution in [3.63, 3.8) is 0 Å². The van der Waals surface area contributed by atoms with Crippen molar-refractivity contribution in [2.24, 2.45) is 0 Å². The third-order valence-electron chi connectivity index (χ3n) is 3.90. The second-order valence-electron chi connectivity index (χ2n) is 5.32. The number of aliphatic hydroxyl groups is 1. The summed E-state index contributed by atoms with van der Waals surface area (Å²) >= 11 is 0. The highest BCUT2D eigenvalue weighted by Gasteiger charge is 2.33. The van der Waals surface area contributed by atoms with Crippen molar-refractivity contribution >= 4 is 0 Å². The van der Waals surface area contributed by atoms with Crippen LogP contribution in [0.3, 0.4) is 0 Å². The standard InChI is InChI=1S/C12H19N3O2/c16-8-12(5-1-2-6-12)13-7-10-14-11(15-17-10)9-3-4-9/h9,13,16H,1-8H2. The Balaban J connectivity index is 1.58. The van der Waals surface area contributed by atoms with Crippen LogP contribution in [0.2, 0.25) is 0 Å². The molecule has 2 N–H and O–H groups in total. The fourth-order valence-corrected chi connectivity index (χ4v) is 2.55. The predicted molar refractivity (Wildman–Crippen MR) is 61.4 cm³/mol. The number of aromatic nitrogens is 2. The quantitative estimate of drug-likeness (QED) is 0.808. The molecule has 17 heavy (non-hydrogen) atoms. The van der Waals surface area contributed by atoms with E-state index in [-0.39, 0.29) is 12.1 Å². The normalized spacial score (nSPS) is 23.1. The molecular formula is C12H19N3O2. The van der Waals surface area contributed by atoms with Gasteiger partial charge in [-0.05, 0) is 25.7 Å². The van der Waals surface area contributed by atoms with Crippen LogP contribution in [-0.2, 0) is 6.54 Å². The zero-order valence-corrected chi connectivity index (χ0v) is 9.98. The summed E-state index contributed by atoms with van der Waals surface area (Å²) in [6.07, 6.45) is 6.82. The number of rotatable bonds is 5. The molecule has 0 aliphatic heterocycles. The Morgan fingerprint density at radius 1 is 1.35 bits per heavy atom. The number of aliphatic hydroxyl groups excluding tert-OH is 1. The molecule has 0 amide bonds. The number of hydrogen-bond acceptors (Lipinski definition) is 5. The van der Waals surface area contributed by atoms with Gasteiger partial charge in [0, 0.05) is 11.5 Å². The van der Waals surface area contributed by atoms with Crippen LogP contribution in [0.5, 0.6) is 0 Å². The van der Waals surface area contributed by atoms with Crippen LogP contribution in [0.25, 0.3) is 0 Å². The number of nitrogens with zero attached hydrogens (tertiary/aromatic N) is 2. The van der Waals surface area contributed by atoms with Gasteiger partial charge in [0.2, 0.25) is 5.89 Å². The smallest absolute Gasteiger partial charge is 0.240 e. The molecule has 2 aliphatic carbocycles. The Kier molecular flexibility index (Phi) is 2.88. The van der Waals surface area contributed by atoms with Crippen LogP contribution < -0.4 is 5.32 Å². The molecule has 1 aromatic heterocycles. The van der Waals surface area contributed by atoms with Gasteiger partial charge in [-0.3, -0.25) is 0 Å². The topological polar surface area (TPSA) is 71.2 Å². The first kappa shape index (κ1) is 11.2. The van der Waals surface area contributed by atoms with Gasteiger partial charge in [0.25, 0.3) is 0 Å². The molecule has 94 valence electrons. The lowest BCUT2D eigenvalue weighted by molar-refractivity contribution is 0.158. The maximum Gasteiger partial charge on any atom is 0.240 e. The molecule has 2 fully saturated rings. The van der Waals surface area contributed by atoms with E-state index in [0.717, 1.165) is 18.7 Å². The Morgan fingerprint density at radius 3 is 2.76 bits per heavy atom. The van der Waals surface area contributed by atoms with Crippen LogP contribution in [0.1, 0.15) is 56.2 Å². The molecular weight excluding hydrogens is 218 g/mol. The molecule has 5 nitrogen and oxygen atoms in total. The lowest BCUT2D eigenvalue weighted by atomic mass is 9.99. The van der Waals surface area contributed by atoms with E-state index >= 15 is 0 Å². The minimum Gasteiger partial charge on any atom is -0.394 e. The van der Waals surface area contributed by atoms with E-state index in [1.54, 1.807) is 0 Å². The van der Waals surface area contributed by atoms with E-state index in [1.165, 1.54) is 25.7 Å². The van der Waals surface area contributed by atoms with Crippen LogP contribution in [0, 0.1) is 0 Å². The first-order chi connectivity index (χ1) is 8.31. The van der Waals surface area contributed by atoms with Crippen molar-refractivity contribution in [3.05, 3.63) is 11.7 Å².